The van der Waals surface area contributed by atoms with Crippen LogP contribution in [0.25, 0.3) is 0 Å². The third-order valence-electron chi connectivity index (χ3n) is 6.19. The number of hydrogen-bond donors (Lipinski definition) is 4. The van der Waals surface area contributed by atoms with Gasteiger partial charge in [0, 0.05) is 55.7 Å². The van der Waals surface area contributed by atoms with E-state index in [1.807, 2.05) is 54.2 Å². The fraction of sp³-hybridized carbons (Fsp3) is 0.370. The van der Waals surface area contributed by atoms with Gasteiger partial charge in [0.05, 0.1) is 18.8 Å². The van der Waals surface area contributed by atoms with Gasteiger partial charge in [0.25, 0.3) is 0 Å². The molecule has 4 N–H and O–H groups in total. The molecule has 1 aliphatic rings. The lowest BCUT2D eigenvalue weighted by atomic mass is 10.0. The van der Waals surface area contributed by atoms with Crippen LogP contribution in [0.5, 0.6) is 0 Å². The molecule has 1 aliphatic heterocycles. The molecule has 0 aliphatic carbocycles. The van der Waals surface area contributed by atoms with Crippen molar-refractivity contribution in [2.45, 2.75) is 55.9 Å². The maximum atomic E-state index is 12.2. The quantitative estimate of drug-likeness (QED) is 0.164. The van der Waals surface area contributed by atoms with E-state index >= 15 is 0 Å². The summed E-state index contributed by atoms with van der Waals surface area (Å²) in [4.78, 5) is 27.6. The molecule has 0 radical (unpaired) electrons. The van der Waals surface area contributed by atoms with Gasteiger partial charge in [0.15, 0.2) is 11.4 Å². The number of anilines is 1. The number of aryl methyl sites for hydroxylation is 1. The average Bonchev–Trinajstić information content (AvgIpc) is 3.36. The number of hydroxylamine groups is 1. The Morgan fingerprint density at radius 3 is 2.42 bits per heavy atom. The van der Waals surface area contributed by atoms with E-state index in [2.05, 4.69) is 10.3 Å². The van der Waals surface area contributed by atoms with Crippen LogP contribution in [-0.4, -0.2) is 43.5 Å². The highest BCUT2D eigenvalue weighted by atomic mass is 32.2. The van der Waals surface area contributed by atoms with E-state index in [4.69, 9.17) is 14.7 Å². The molecule has 10 nitrogen and oxygen atoms in total. The zero-order chi connectivity index (χ0) is 26.9. The molecule has 3 aromatic rings. The van der Waals surface area contributed by atoms with Crippen LogP contribution in [0.4, 0.5) is 5.69 Å². The van der Waals surface area contributed by atoms with Crippen LogP contribution in [0.3, 0.4) is 0 Å². The lowest BCUT2D eigenvalue weighted by Gasteiger charge is -2.36. The first kappa shape index (κ1) is 27.8. The van der Waals surface area contributed by atoms with Crippen LogP contribution in [0.15, 0.2) is 66.1 Å². The molecule has 0 unspecified atom stereocenters. The van der Waals surface area contributed by atoms with Crippen molar-refractivity contribution in [3.63, 3.8) is 0 Å². The smallest absolute Gasteiger partial charge is 0.243 e. The van der Waals surface area contributed by atoms with Crippen LogP contribution >= 0.6 is 11.8 Å². The largest absolute Gasteiger partial charge is 0.392 e. The molecule has 2 heterocycles. The second kappa shape index (κ2) is 13.5. The summed E-state index contributed by atoms with van der Waals surface area (Å²) in [5, 5.41) is 21.7. The third kappa shape index (κ3) is 7.65. The van der Waals surface area contributed by atoms with Gasteiger partial charge in [-0.2, -0.15) is 0 Å². The average molecular weight is 541 g/mol. The van der Waals surface area contributed by atoms with Crippen LogP contribution in [0.2, 0.25) is 0 Å². The van der Waals surface area contributed by atoms with Crippen molar-refractivity contribution in [3.05, 3.63) is 77.6 Å². The Balaban J connectivity index is 1.42. The number of aliphatic hydroxyl groups excluding tert-OH is 1. The van der Waals surface area contributed by atoms with E-state index in [0.29, 0.717) is 24.3 Å². The molecule has 2 aromatic carbocycles. The Labute approximate surface area is 225 Å². The molecular weight excluding hydrogens is 508 g/mol. The highest BCUT2D eigenvalue weighted by Gasteiger charge is 2.32. The number of nitrogens with zero attached hydrogens (tertiary/aromatic N) is 2. The fourth-order valence-electron chi connectivity index (χ4n) is 4.09. The summed E-state index contributed by atoms with van der Waals surface area (Å²) in [5.74, 6) is -0.0291. The first-order valence-corrected chi connectivity index (χ1v) is 13.4. The summed E-state index contributed by atoms with van der Waals surface area (Å²) in [6.07, 6.45) is 4.05. The van der Waals surface area contributed by atoms with Gasteiger partial charge in [-0.1, -0.05) is 48.2 Å². The Hall–Kier alpha value is -3.22. The number of hydrogen-bond acceptors (Lipinski definition) is 8. The number of benzene rings is 2. The normalized spacial score (nSPS) is 19.2. The van der Waals surface area contributed by atoms with Crippen molar-refractivity contribution in [1.82, 2.24) is 15.0 Å². The molecule has 11 heteroatoms. The fourth-order valence-corrected chi connectivity index (χ4v) is 5.04. The van der Waals surface area contributed by atoms with E-state index in [1.165, 1.54) is 0 Å². The zero-order valence-electron chi connectivity index (χ0n) is 21.1. The van der Waals surface area contributed by atoms with E-state index in [1.54, 1.807) is 35.6 Å². The maximum absolute atomic E-state index is 12.2. The Morgan fingerprint density at radius 2 is 1.76 bits per heavy atom. The van der Waals surface area contributed by atoms with Crippen molar-refractivity contribution in [3.8, 4) is 0 Å². The van der Waals surface area contributed by atoms with Gasteiger partial charge < -0.3 is 24.5 Å². The standard InChI is InChI=1S/C27H32N4O6S/c1-31-14-13-28-27(31)38-17-22-15-23(19-7-5-18(16-32)6-8-19)37-26(36-22)20-9-11-21(12-10-20)29-24(33)3-2-4-25(34)30-35/h5-14,22-23,26,32,35H,2-4,15-17H2,1H3,(H,29,33)(H,30,34)/t22-,23+,26+/m1/s1. The summed E-state index contributed by atoms with van der Waals surface area (Å²) in [5.41, 5.74) is 4.86. The number of carbonyl (C=O) groups excluding carboxylic acids is 2. The summed E-state index contributed by atoms with van der Waals surface area (Å²) in [7, 11) is 1.96. The number of amides is 2. The minimum Gasteiger partial charge on any atom is -0.392 e. The summed E-state index contributed by atoms with van der Waals surface area (Å²) in [6.45, 7) is -0.0126. The van der Waals surface area contributed by atoms with E-state index in [9.17, 15) is 14.7 Å². The van der Waals surface area contributed by atoms with Gasteiger partial charge in [0.2, 0.25) is 11.8 Å². The Bertz CT molecular complexity index is 1200. The minimum absolute atomic E-state index is 0.0126. The van der Waals surface area contributed by atoms with Crippen molar-refractivity contribution in [2.24, 2.45) is 7.05 Å². The van der Waals surface area contributed by atoms with Crippen LogP contribution in [0, 0.1) is 0 Å². The van der Waals surface area contributed by atoms with Gasteiger partial charge in [-0.15, -0.1) is 0 Å². The molecular formula is C27H32N4O6S. The molecule has 38 heavy (non-hydrogen) atoms. The number of aromatic nitrogens is 2. The molecule has 1 aromatic heterocycles. The second-order valence-electron chi connectivity index (χ2n) is 9.04. The lowest BCUT2D eigenvalue weighted by molar-refractivity contribution is -0.245. The number of thioether (sulfide) groups is 1. The highest BCUT2D eigenvalue weighted by Crippen LogP contribution is 2.39. The second-order valence-corrected chi connectivity index (χ2v) is 10.0. The van der Waals surface area contributed by atoms with Gasteiger partial charge in [0.1, 0.15) is 0 Å². The van der Waals surface area contributed by atoms with Crippen molar-refractivity contribution in [2.75, 3.05) is 11.1 Å². The van der Waals surface area contributed by atoms with E-state index in [0.717, 1.165) is 21.8 Å². The molecule has 4 rings (SSSR count). The predicted molar refractivity (Wildman–Crippen MR) is 141 cm³/mol. The monoisotopic (exact) mass is 540 g/mol. The maximum Gasteiger partial charge on any atom is 0.243 e. The van der Waals surface area contributed by atoms with Crippen LogP contribution in [0.1, 0.15) is 54.8 Å². The molecule has 202 valence electrons. The lowest BCUT2D eigenvalue weighted by Crippen LogP contribution is -2.31. The summed E-state index contributed by atoms with van der Waals surface area (Å²) in [6, 6.07) is 15.0. The first-order valence-electron chi connectivity index (χ1n) is 12.4. The van der Waals surface area contributed by atoms with Crippen molar-refractivity contribution >= 4 is 29.3 Å². The van der Waals surface area contributed by atoms with E-state index in [-0.39, 0.29) is 37.6 Å². The number of rotatable bonds is 11. The third-order valence-corrected chi connectivity index (χ3v) is 7.38. The Morgan fingerprint density at radius 1 is 1.05 bits per heavy atom. The van der Waals surface area contributed by atoms with Crippen molar-refractivity contribution < 1.29 is 29.4 Å². The number of imidazole rings is 1. The number of carbonyl (C=O) groups is 2. The number of ether oxygens (including phenoxy) is 2. The number of aliphatic hydroxyl groups is 1. The van der Waals surface area contributed by atoms with E-state index < -0.39 is 12.2 Å². The molecule has 0 bridgehead atoms. The summed E-state index contributed by atoms with van der Waals surface area (Å²) < 4.78 is 14.7. The van der Waals surface area contributed by atoms with Gasteiger partial charge in [-0.05, 0) is 29.7 Å². The van der Waals surface area contributed by atoms with Crippen molar-refractivity contribution in [1.29, 1.82) is 0 Å². The topological polar surface area (TPSA) is 135 Å². The van der Waals surface area contributed by atoms with Crippen LogP contribution < -0.4 is 10.8 Å². The molecule has 1 saturated heterocycles. The SMILES string of the molecule is Cn1ccnc1SC[C@H]1C[C@@H](c2ccc(CO)cc2)O[C@@H](c2ccc(NC(=O)CCCC(=O)NO)cc2)O1. The van der Waals surface area contributed by atoms with Crippen LogP contribution in [-0.2, 0) is 32.7 Å². The number of nitrogens with one attached hydrogen (secondary N) is 2. The first-order chi connectivity index (χ1) is 18.4. The predicted octanol–water partition coefficient (Wildman–Crippen LogP) is 3.86. The Kier molecular flexibility index (Phi) is 9.91. The molecule has 2 amide bonds. The highest BCUT2D eigenvalue weighted by molar-refractivity contribution is 7.99. The molecule has 1 fully saturated rings. The zero-order valence-corrected chi connectivity index (χ0v) is 21.9. The molecule has 0 spiro atoms. The molecule has 3 atom stereocenters. The van der Waals surface area contributed by atoms with Gasteiger partial charge in [-0.3, -0.25) is 14.8 Å². The van der Waals surface area contributed by atoms with Gasteiger partial charge in [-0.25, -0.2) is 10.5 Å². The van der Waals surface area contributed by atoms with Gasteiger partial charge >= 0.3 is 0 Å². The molecule has 0 saturated carbocycles. The summed E-state index contributed by atoms with van der Waals surface area (Å²) >= 11 is 1.63. The minimum atomic E-state index is -0.597.